The van der Waals surface area contributed by atoms with Gasteiger partial charge in [0.1, 0.15) is 0 Å². The zero-order valence-corrected chi connectivity index (χ0v) is 6.51. The lowest BCUT2D eigenvalue weighted by Crippen LogP contribution is -2.24. The van der Waals surface area contributed by atoms with Crippen LogP contribution < -0.4 is 0 Å². The highest BCUT2D eigenvalue weighted by atomic mass is 14.3. The van der Waals surface area contributed by atoms with E-state index in [1.54, 1.807) is 5.57 Å². The Morgan fingerprint density at radius 1 is 1.40 bits per heavy atom. The standard InChI is InChI=1S/C10H14/c1-8-6-7-10(8)9-4-2-3-5-9/h2-4,8,10H,5-7H2,1H3. The summed E-state index contributed by atoms with van der Waals surface area (Å²) in [5.41, 5.74) is 1.68. The molecule has 0 aromatic heterocycles. The molecule has 0 amide bonds. The molecule has 0 heteroatoms. The molecule has 0 N–H and O–H groups in total. The van der Waals surface area contributed by atoms with E-state index in [4.69, 9.17) is 0 Å². The van der Waals surface area contributed by atoms with Gasteiger partial charge in [0.2, 0.25) is 0 Å². The summed E-state index contributed by atoms with van der Waals surface area (Å²) in [6.07, 6.45) is 10.9. The Morgan fingerprint density at radius 3 is 2.70 bits per heavy atom. The lowest BCUT2D eigenvalue weighted by atomic mass is 9.70. The Hall–Kier alpha value is -0.520. The summed E-state index contributed by atoms with van der Waals surface area (Å²) in [4.78, 5) is 0. The van der Waals surface area contributed by atoms with Gasteiger partial charge in [-0.2, -0.15) is 0 Å². The summed E-state index contributed by atoms with van der Waals surface area (Å²) in [7, 11) is 0. The molecule has 2 rings (SSSR count). The van der Waals surface area contributed by atoms with Gasteiger partial charge in [-0.05, 0) is 31.1 Å². The molecule has 0 saturated heterocycles. The molecule has 0 aliphatic heterocycles. The van der Waals surface area contributed by atoms with Crippen LogP contribution in [0, 0.1) is 11.8 Å². The van der Waals surface area contributed by atoms with Crippen LogP contribution in [0.2, 0.25) is 0 Å². The SMILES string of the molecule is CC1CCC1C1=CC=CC1. The summed E-state index contributed by atoms with van der Waals surface area (Å²) in [6.45, 7) is 2.37. The normalized spacial score (nSPS) is 37.5. The minimum absolute atomic E-state index is 0.940. The molecule has 54 valence electrons. The van der Waals surface area contributed by atoms with Gasteiger partial charge in [0.15, 0.2) is 0 Å². The van der Waals surface area contributed by atoms with Crippen LogP contribution in [0.15, 0.2) is 23.8 Å². The van der Waals surface area contributed by atoms with Crippen LogP contribution in [0.1, 0.15) is 26.2 Å². The maximum atomic E-state index is 2.37. The third kappa shape index (κ3) is 0.828. The van der Waals surface area contributed by atoms with Gasteiger partial charge < -0.3 is 0 Å². The van der Waals surface area contributed by atoms with E-state index in [0.717, 1.165) is 11.8 Å². The first kappa shape index (κ1) is 6.21. The second-order valence-corrected chi connectivity index (χ2v) is 3.53. The van der Waals surface area contributed by atoms with Crippen LogP contribution in [0.5, 0.6) is 0 Å². The fourth-order valence-electron chi connectivity index (χ4n) is 1.96. The quantitative estimate of drug-likeness (QED) is 0.517. The highest BCUT2D eigenvalue weighted by Gasteiger charge is 2.29. The second-order valence-electron chi connectivity index (χ2n) is 3.53. The molecule has 2 atom stereocenters. The molecule has 1 saturated carbocycles. The van der Waals surface area contributed by atoms with Crippen LogP contribution >= 0.6 is 0 Å². The smallest absolute Gasteiger partial charge is 0.0130 e. The van der Waals surface area contributed by atoms with Gasteiger partial charge in [-0.1, -0.05) is 30.7 Å². The van der Waals surface area contributed by atoms with Gasteiger partial charge in [0.05, 0.1) is 0 Å². The summed E-state index contributed by atoms with van der Waals surface area (Å²) in [6, 6.07) is 0. The van der Waals surface area contributed by atoms with Crippen molar-refractivity contribution in [3.05, 3.63) is 23.8 Å². The van der Waals surface area contributed by atoms with E-state index < -0.39 is 0 Å². The minimum atomic E-state index is 0.940. The van der Waals surface area contributed by atoms with E-state index in [1.807, 2.05) is 0 Å². The maximum absolute atomic E-state index is 2.37. The molecule has 2 aliphatic carbocycles. The molecule has 2 aliphatic rings. The summed E-state index contributed by atoms with van der Waals surface area (Å²) < 4.78 is 0. The highest BCUT2D eigenvalue weighted by Crippen LogP contribution is 2.41. The predicted octanol–water partition coefficient (Wildman–Crippen LogP) is 2.92. The van der Waals surface area contributed by atoms with Crippen molar-refractivity contribution in [3.63, 3.8) is 0 Å². The average Bonchev–Trinajstić information content (AvgIpc) is 2.37. The highest BCUT2D eigenvalue weighted by molar-refractivity contribution is 5.26. The lowest BCUT2D eigenvalue weighted by molar-refractivity contribution is 0.235. The summed E-state index contributed by atoms with van der Waals surface area (Å²) in [5, 5.41) is 0. The number of allylic oxidation sites excluding steroid dienone is 4. The van der Waals surface area contributed by atoms with Gasteiger partial charge in [0, 0.05) is 0 Å². The molecule has 0 spiro atoms. The van der Waals surface area contributed by atoms with E-state index in [0.29, 0.717) is 0 Å². The molecule has 10 heavy (non-hydrogen) atoms. The Labute approximate surface area is 62.6 Å². The van der Waals surface area contributed by atoms with E-state index in [2.05, 4.69) is 25.2 Å². The number of rotatable bonds is 1. The first-order valence-electron chi connectivity index (χ1n) is 4.23. The van der Waals surface area contributed by atoms with Crippen molar-refractivity contribution < 1.29 is 0 Å². The predicted molar refractivity (Wildman–Crippen MR) is 43.7 cm³/mol. The molecule has 0 radical (unpaired) electrons. The average molecular weight is 134 g/mol. The largest absolute Gasteiger partial charge is 0.0805 e. The maximum Gasteiger partial charge on any atom is -0.0130 e. The van der Waals surface area contributed by atoms with Gasteiger partial charge in [-0.15, -0.1) is 0 Å². The lowest BCUT2D eigenvalue weighted by Gasteiger charge is -2.35. The van der Waals surface area contributed by atoms with E-state index >= 15 is 0 Å². The Morgan fingerprint density at radius 2 is 2.30 bits per heavy atom. The van der Waals surface area contributed by atoms with Crippen LogP contribution in [0.4, 0.5) is 0 Å². The van der Waals surface area contributed by atoms with Crippen molar-refractivity contribution in [1.82, 2.24) is 0 Å². The van der Waals surface area contributed by atoms with Crippen LogP contribution in [-0.2, 0) is 0 Å². The molecule has 0 aromatic carbocycles. The Kier molecular flexibility index (Phi) is 1.40. The third-order valence-electron chi connectivity index (χ3n) is 2.90. The van der Waals surface area contributed by atoms with Crippen molar-refractivity contribution in [2.75, 3.05) is 0 Å². The van der Waals surface area contributed by atoms with E-state index in [-0.39, 0.29) is 0 Å². The van der Waals surface area contributed by atoms with Crippen molar-refractivity contribution >= 4 is 0 Å². The number of hydrogen-bond acceptors (Lipinski definition) is 0. The van der Waals surface area contributed by atoms with Gasteiger partial charge in [-0.25, -0.2) is 0 Å². The summed E-state index contributed by atoms with van der Waals surface area (Å²) >= 11 is 0. The van der Waals surface area contributed by atoms with Crippen molar-refractivity contribution in [1.29, 1.82) is 0 Å². The first-order chi connectivity index (χ1) is 4.88. The van der Waals surface area contributed by atoms with Gasteiger partial charge >= 0.3 is 0 Å². The molecule has 0 bridgehead atoms. The Balaban J connectivity index is 2.00. The zero-order chi connectivity index (χ0) is 6.97. The zero-order valence-electron chi connectivity index (χ0n) is 6.51. The molecular formula is C10H14. The monoisotopic (exact) mass is 134 g/mol. The third-order valence-corrected chi connectivity index (χ3v) is 2.90. The number of hydrogen-bond donors (Lipinski definition) is 0. The Bertz CT molecular complexity index is 186. The van der Waals surface area contributed by atoms with Crippen molar-refractivity contribution in [2.45, 2.75) is 26.2 Å². The molecule has 0 nitrogen and oxygen atoms in total. The molecule has 2 unspecified atom stereocenters. The topological polar surface area (TPSA) is 0 Å². The van der Waals surface area contributed by atoms with Gasteiger partial charge in [0.25, 0.3) is 0 Å². The molecule has 0 aromatic rings. The van der Waals surface area contributed by atoms with Crippen molar-refractivity contribution in [2.24, 2.45) is 11.8 Å². The van der Waals surface area contributed by atoms with Crippen LogP contribution in [0.3, 0.4) is 0 Å². The summed E-state index contributed by atoms with van der Waals surface area (Å²) in [5.74, 6) is 1.90. The second kappa shape index (κ2) is 2.26. The van der Waals surface area contributed by atoms with E-state index in [1.165, 1.54) is 19.3 Å². The van der Waals surface area contributed by atoms with Crippen molar-refractivity contribution in [3.8, 4) is 0 Å². The van der Waals surface area contributed by atoms with Gasteiger partial charge in [-0.3, -0.25) is 0 Å². The first-order valence-corrected chi connectivity index (χ1v) is 4.23. The molecule has 0 heterocycles. The minimum Gasteiger partial charge on any atom is -0.0805 e. The van der Waals surface area contributed by atoms with E-state index in [9.17, 15) is 0 Å². The fourth-order valence-corrected chi connectivity index (χ4v) is 1.96. The fraction of sp³-hybridized carbons (Fsp3) is 0.600. The van der Waals surface area contributed by atoms with Crippen LogP contribution in [-0.4, -0.2) is 0 Å². The molecule has 1 fully saturated rings. The van der Waals surface area contributed by atoms with Crippen LogP contribution in [0.25, 0.3) is 0 Å². The molecular weight excluding hydrogens is 120 g/mol.